The molecule has 2 unspecified atom stereocenters. The van der Waals surface area contributed by atoms with Crippen LogP contribution < -0.4 is 10.1 Å². The van der Waals surface area contributed by atoms with Crippen LogP contribution in [0.25, 0.3) is 0 Å². The second-order valence-corrected chi connectivity index (χ2v) is 8.49. The Morgan fingerprint density at radius 2 is 1.67 bits per heavy atom. The molecule has 1 aliphatic carbocycles. The van der Waals surface area contributed by atoms with Crippen molar-refractivity contribution in [2.45, 2.75) is 38.5 Å². The highest BCUT2D eigenvalue weighted by molar-refractivity contribution is 5.96. The number of carbonyl (C=O) groups is 2. The summed E-state index contributed by atoms with van der Waals surface area (Å²) in [5, 5.41) is 2.91. The average molecular weight is 407 g/mol. The van der Waals surface area contributed by atoms with Gasteiger partial charge in [-0.3, -0.25) is 9.59 Å². The highest BCUT2D eigenvalue weighted by Gasteiger charge is 2.33. The van der Waals surface area contributed by atoms with Gasteiger partial charge in [0, 0.05) is 24.3 Å². The van der Waals surface area contributed by atoms with Gasteiger partial charge in [0.15, 0.2) is 0 Å². The molecular weight excluding hydrogens is 376 g/mol. The number of methoxy groups -OCH3 is 1. The Morgan fingerprint density at radius 3 is 2.37 bits per heavy atom. The van der Waals surface area contributed by atoms with Gasteiger partial charge in [0.1, 0.15) is 5.75 Å². The van der Waals surface area contributed by atoms with Crippen LogP contribution in [0.5, 0.6) is 5.75 Å². The maximum atomic E-state index is 12.9. The van der Waals surface area contributed by atoms with Crippen molar-refractivity contribution in [1.82, 2.24) is 4.90 Å². The summed E-state index contributed by atoms with van der Waals surface area (Å²) in [5.41, 5.74) is 2.32. The van der Waals surface area contributed by atoms with E-state index in [0.717, 1.165) is 36.7 Å². The Morgan fingerprint density at radius 1 is 0.967 bits per heavy atom. The summed E-state index contributed by atoms with van der Waals surface area (Å²) in [6.07, 6.45) is 6.66. The lowest BCUT2D eigenvalue weighted by atomic mass is 9.75. The number of ether oxygens (including phenoxy) is 1. The summed E-state index contributed by atoms with van der Waals surface area (Å²) in [6.45, 7) is 1.75. The van der Waals surface area contributed by atoms with Crippen molar-refractivity contribution in [2.24, 2.45) is 11.8 Å². The number of anilines is 1. The van der Waals surface area contributed by atoms with Crippen LogP contribution in [0.15, 0.2) is 48.5 Å². The van der Waals surface area contributed by atoms with Crippen molar-refractivity contribution in [1.29, 1.82) is 0 Å². The molecule has 1 N–H and O–H groups in total. The van der Waals surface area contributed by atoms with Gasteiger partial charge in [-0.15, -0.1) is 0 Å². The normalized spacial score (nSPS) is 20.9. The molecule has 5 nitrogen and oxygen atoms in total. The number of likely N-dealkylation sites (tertiary alicyclic amines) is 1. The molecule has 2 atom stereocenters. The van der Waals surface area contributed by atoms with Crippen LogP contribution in [0.2, 0.25) is 0 Å². The van der Waals surface area contributed by atoms with E-state index in [0.29, 0.717) is 23.6 Å². The Labute approximate surface area is 178 Å². The summed E-state index contributed by atoms with van der Waals surface area (Å²) in [7, 11) is 1.62. The first-order valence-electron chi connectivity index (χ1n) is 10.9. The Balaban J connectivity index is 1.31. The maximum absolute atomic E-state index is 12.9. The number of benzene rings is 2. The van der Waals surface area contributed by atoms with Gasteiger partial charge < -0.3 is 15.0 Å². The zero-order valence-electron chi connectivity index (χ0n) is 17.6. The van der Waals surface area contributed by atoms with Gasteiger partial charge in [-0.25, -0.2) is 0 Å². The van der Waals surface area contributed by atoms with Crippen LogP contribution in [0.1, 0.15) is 48.0 Å². The van der Waals surface area contributed by atoms with E-state index in [4.69, 9.17) is 4.74 Å². The lowest BCUT2D eigenvalue weighted by Crippen LogP contribution is -2.44. The molecule has 2 amide bonds. The van der Waals surface area contributed by atoms with Crippen LogP contribution in [0.3, 0.4) is 0 Å². The summed E-state index contributed by atoms with van der Waals surface area (Å²) >= 11 is 0. The molecular formula is C25H30N2O3. The monoisotopic (exact) mass is 406 g/mol. The third-order valence-electron chi connectivity index (χ3n) is 6.52. The number of hydrogen-bond donors (Lipinski definition) is 1. The van der Waals surface area contributed by atoms with E-state index in [1.54, 1.807) is 7.11 Å². The quantitative estimate of drug-likeness (QED) is 0.794. The summed E-state index contributed by atoms with van der Waals surface area (Å²) in [4.78, 5) is 27.3. The Kier molecular flexibility index (Phi) is 6.36. The van der Waals surface area contributed by atoms with Gasteiger partial charge in [0.25, 0.3) is 5.91 Å². The first-order valence-corrected chi connectivity index (χ1v) is 10.9. The molecule has 30 heavy (non-hydrogen) atoms. The Bertz CT molecular complexity index is 876. The minimum absolute atomic E-state index is 0.0846. The van der Waals surface area contributed by atoms with Crippen molar-refractivity contribution >= 4 is 17.5 Å². The van der Waals surface area contributed by atoms with Crippen LogP contribution in [0, 0.1) is 11.8 Å². The van der Waals surface area contributed by atoms with E-state index in [2.05, 4.69) is 5.32 Å². The van der Waals surface area contributed by atoms with E-state index in [9.17, 15) is 9.59 Å². The molecule has 0 aromatic heterocycles. The van der Waals surface area contributed by atoms with Crippen molar-refractivity contribution in [3.05, 3.63) is 59.7 Å². The highest BCUT2D eigenvalue weighted by Crippen LogP contribution is 2.36. The van der Waals surface area contributed by atoms with E-state index < -0.39 is 0 Å². The van der Waals surface area contributed by atoms with Crippen LogP contribution in [-0.4, -0.2) is 36.9 Å². The summed E-state index contributed by atoms with van der Waals surface area (Å²) < 4.78 is 5.14. The molecule has 2 fully saturated rings. The molecule has 2 aliphatic rings. The van der Waals surface area contributed by atoms with Crippen molar-refractivity contribution in [2.75, 3.05) is 25.5 Å². The number of piperidine rings is 1. The van der Waals surface area contributed by atoms with Gasteiger partial charge >= 0.3 is 0 Å². The second kappa shape index (κ2) is 9.33. The largest absolute Gasteiger partial charge is 0.497 e. The molecule has 1 saturated heterocycles. The number of rotatable bonds is 5. The number of hydrogen-bond acceptors (Lipinski definition) is 3. The van der Waals surface area contributed by atoms with Crippen molar-refractivity contribution in [3.8, 4) is 5.75 Å². The van der Waals surface area contributed by atoms with Gasteiger partial charge in [-0.1, -0.05) is 31.4 Å². The van der Waals surface area contributed by atoms with Crippen LogP contribution in [-0.2, 0) is 11.2 Å². The third kappa shape index (κ3) is 4.84. The highest BCUT2D eigenvalue weighted by atomic mass is 16.5. The fourth-order valence-corrected chi connectivity index (χ4v) is 4.80. The molecule has 0 spiro atoms. The van der Waals surface area contributed by atoms with Crippen molar-refractivity contribution in [3.63, 3.8) is 0 Å². The second-order valence-electron chi connectivity index (χ2n) is 8.49. The number of amides is 2. The van der Waals surface area contributed by atoms with Crippen LogP contribution in [0.4, 0.5) is 5.69 Å². The predicted octanol–water partition coefficient (Wildman–Crippen LogP) is 4.53. The maximum Gasteiger partial charge on any atom is 0.253 e. The number of fused-ring (bicyclic) bond motifs is 1. The molecule has 0 radical (unpaired) electrons. The minimum Gasteiger partial charge on any atom is -0.497 e. The SMILES string of the molecule is COc1ccc(CC(=O)Nc2ccc(C(=O)N3CCC4CCCCC4C3)cc2)cc1. The summed E-state index contributed by atoms with van der Waals surface area (Å²) in [6, 6.07) is 14.7. The number of nitrogens with one attached hydrogen (secondary N) is 1. The molecule has 1 heterocycles. The van der Waals surface area contributed by atoms with Crippen molar-refractivity contribution < 1.29 is 14.3 Å². The molecule has 2 aromatic rings. The fraction of sp³-hybridized carbons (Fsp3) is 0.440. The minimum atomic E-state index is -0.0846. The molecule has 5 heteroatoms. The zero-order valence-corrected chi connectivity index (χ0v) is 17.6. The van der Waals surface area contributed by atoms with E-state index >= 15 is 0 Å². The topological polar surface area (TPSA) is 58.6 Å². The first kappa shape index (κ1) is 20.5. The third-order valence-corrected chi connectivity index (χ3v) is 6.52. The Hall–Kier alpha value is -2.82. The van der Waals surface area contributed by atoms with Gasteiger partial charge in [0.05, 0.1) is 13.5 Å². The molecule has 2 aromatic carbocycles. The predicted molar refractivity (Wildman–Crippen MR) is 118 cm³/mol. The average Bonchev–Trinajstić information content (AvgIpc) is 2.79. The van der Waals surface area contributed by atoms with E-state index in [-0.39, 0.29) is 11.8 Å². The van der Waals surface area contributed by atoms with Crippen LogP contribution >= 0.6 is 0 Å². The molecule has 0 bridgehead atoms. The summed E-state index contributed by atoms with van der Waals surface area (Å²) in [5.74, 6) is 2.28. The molecule has 1 saturated carbocycles. The van der Waals surface area contributed by atoms with Gasteiger partial charge in [-0.2, -0.15) is 0 Å². The number of carbonyl (C=O) groups excluding carboxylic acids is 2. The lowest BCUT2D eigenvalue weighted by molar-refractivity contribution is -0.115. The van der Waals surface area contributed by atoms with E-state index in [1.165, 1.54) is 25.7 Å². The van der Waals surface area contributed by atoms with Gasteiger partial charge in [-0.05, 0) is 66.6 Å². The van der Waals surface area contributed by atoms with Gasteiger partial charge in [0.2, 0.25) is 5.91 Å². The zero-order chi connectivity index (χ0) is 20.9. The first-order chi connectivity index (χ1) is 14.6. The lowest BCUT2D eigenvalue weighted by Gasteiger charge is -2.41. The number of nitrogens with zero attached hydrogens (tertiary/aromatic N) is 1. The fourth-order valence-electron chi connectivity index (χ4n) is 4.80. The molecule has 158 valence electrons. The van der Waals surface area contributed by atoms with E-state index in [1.807, 2.05) is 53.4 Å². The molecule has 4 rings (SSSR count). The smallest absolute Gasteiger partial charge is 0.253 e. The standard InChI is InChI=1S/C25H30N2O3/c1-30-23-12-6-18(7-13-23)16-24(28)26-22-10-8-20(9-11-22)25(29)27-15-14-19-4-2-3-5-21(19)17-27/h6-13,19,21H,2-5,14-17H2,1H3,(H,26,28). The molecule has 1 aliphatic heterocycles.